The zero-order valence-electron chi connectivity index (χ0n) is 20.5. The lowest BCUT2D eigenvalue weighted by molar-refractivity contribution is 0.135. The number of ether oxygens (including phenoxy) is 1. The van der Waals surface area contributed by atoms with E-state index < -0.39 is 12.2 Å². The van der Waals surface area contributed by atoms with Gasteiger partial charge in [-0.25, -0.2) is 0 Å². The van der Waals surface area contributed by atoms with Crippen LogP contribution in [0.1, 0.15) is 74.5 Å². The summed E-state index contributed by atoms with van der Waals surface area (Å²) in [5, 5.41) is 24.6. The minimum absolute atomic E-state index is 0.00418. The summed E-state index contributed by atoms with van der Waals surface area (Å²) in [4.78, 5) is 0. The first-order valence-corrected chi connectivity index (χ1v) is 13.2. The fourth-order valence-corrected chi connectivity index (χ4v) is 5.52. The zero-order chi connectivity index (χ0) is 23.8. The Kier molecular flexibility index (Phi) is 9.20. The number of rotatable bonds is 13. The summed E-state index contributed by atoms with van der Waals surface area (Å²) >= 11 is 0. The SMILES string of the molecule is CCCCC[C@H](O)/C=C/[C@@H]1[C@H]2c3cccc(CCCCNCc4ccccc4)c3O[C@H]2C[C@H]1O. The molecule has 5 atom stereocenters. The molecule has 0 bridgehead atoms. The topological polar surface area (TPSA) is 61.7 Å². The van der Waals surface area contributed by atoms with Crippen molar-refractivity contribution in [1.82, 2.24) is 5.32 Å². The first kappa shape index (κ1) is 25.0. The Morgan fingerprint density at radius 3 is 2.74 bits per heavy atom. The van der Waals surface area contributed by atoms with Crippen LogP contribution in [0.25, 0.3) is 0 Å². The maximum atomic E-state index is 10.7. The fraction of sp³-hybridized carbons (Fsp3) is 0.533. The average Bonchev–Trinajstić information content (AvgIpc) is 3.35. The molecule has 0 spiro atoms. The normalized spacial score (nSPS) is 24.2. The van der Waals surface area contributed by atoms with Gasteiger partial charge >= 0.3 is 0 Å². The molecular weight excluding hydrogens is 422 g/mol. The van der Waals surface area contributed by atoms with E-state index in [1.54, 1.807) is 0 Å². The van der Waals surface area contributed by atoms with E-state index in [0.29, 0.717) is 6.42 Å². The molecule has 2 aromatic carbocycles. The maximum Gasteiger partial charge on any atom is 0.126 e. The number of hydrogen-bond acceptors (Lipinski definition) is 4. The number of benzene rings is 2. The largest absolute Gasteiger partial charge is 0.489 e. The van der Waals surface area contributed by atoms with Crippen molar-refractivity contribution in [3.8, 4) is 5.75 Å². The molecule has 2 aromatic rings. The van der Waals surface area contributed by atoms with E-state index in [2.05, 4.69) is 66.8 Å². The Hall–Kier alpha value is -2.14. The highest BCUT2D eigenvalue weighted by Crippen LogP contribution is 2.52. The van der Waals surface area contributed by atoms with E-state index in [1.807, 2.05) is 6.08 Å². The van der Waals surface area contributed by atoms with Gasteiger partial charge in [-0.05, 0) is 43.4 Å². The fourth-order valence-electron chi connectivity index (χ4n) is 5.52. The lowest BCUT2D eigenvalue weighted by Crippen LogP contribution is -2.17. The van der Waals surface area contributed by atoms with Crippen molar-refractivity contribution in [2.45, 2.75) is 89.1 Å². The van der Waals surface area contributed by atoms with Gasteiger partial charge in [0.05, 0.1) is 12.2 Å². The van der Waals surface area contributed by atoms with E-state index in [9.17, 15) is 10.2 Å². The molecule has 1 saturated carbocycles. The van der Waals surface area contributed by atoms with Crippen LogP contribution in [0.2, 0.25) is 0 Å². The number of fused-ring (bicyclic) bond motifs is 3. The van der Waals surface area contributed by atoms with Gasteiger partial charge in [0.2, 0.25) is 0 Å². The van der Waals surface area contributed by atoms with Gasteiger partial charge in [0.15, 0.2) is 0 Å². The van der Waals surface area contributed by atoms with Crippen molar-refractivity contribution in [2.24, 2.45) is 5.92 Å². The molecule has 3 N–H and O–H groups in total. The zero-order valence-corrected chi connectivity index (χ0v) is 20.5. The van der Waals surface area contributed by atoms with Crippen LogP contribution >= 0.6 is 0 Å². The number of unbranched alkanes of at least 4 members (excludes halogenated alkanes) is 3. The Balaban J connectivity index is 1.30. The molecular formula is C30H41NO3. The summed E-state index contributed by atoms with van der Waals surface area (Å²) in [6.45, 7) is 4.10. The Bertz CT molecular complexity index is 913. The lowest BCUT2D eigenvalue weighted by atomic mass is 9.86. The van der Waals surface area contributed by atoms with Crippen molar-refractivity contribution >= 4 is 0 Å². The maximum absolute atomic E-state index is 10.7. The van der Waals surface area contributed by atoms with Gasteiger partial charge < -0.3 is 20.3 Å². The number of aliphatic hydroxyl groups is 2. The molecule has 4 rings (SSSR count). The minimum atomic E-state index is -0.429. The molecule has 1 heterocycles. The van der Waals surface area contributed by atoms with Gasteiger partial charge in [-0.2, -0.15) is 0 Å². The highest BCUT2D eigenvalue weighted by atomic mass is 16.5. The van der Waals surface area contributed by atoms with Crippen LogP contribution in [0.5, 0.6) is 5.75 Å². The standard InChI is InChI=1S/C30H41NO3/c1-2-3-5-15-24(32)17-18-25-27(33)20-28-29(25)26-16-10-14-23(30(26)34-28)13-8-9-19-31-21-22-11-6-4-7-12-22/h4,6-7,10-12,14,16-18,24-25,27-29,31-33H,2-3,5,8-9,13,15,19-21H2,1H3/b18-17+/t24-,25-,27+,28-,29-/m0/s1. The van der Waals surface area contributed by atoms with E-state index in [4.69, 9.17) is 4.74 Å². The first-order chi connectivity index (χ1) is 16.7. The quantitative estimate of drug-likeness (QED) is 0.270. The molecule has 1 fully saturated rings. The van der Waals surface area contributed by atoms with Crippen LogP contribution in [0.4, 0.5) is 0 Å². The monoisotopic (exact) mass is 463 g/mol. The number of para-hydroxylation sites is 1. The molecule has 34 heavy (non-hydrogen) atoms. The molecule has 1 aliphatic carbocycles. The third-order valence-corrected chi connectivity index (χ3v) is 7.37. The van der Waals surface area contributed by atoms with E-state index >= 15 is 0 Å². The number of nitrogens with one attached hydrogen (secondary N) is 1. The van der Waals surface area contributed by atoms with Crippen LogP contribution in [0, 0.1) is 5.92 Å². The van der Waals surface area contributed by atoms with Crippen molar-refractivity contribution in [3.63, 3.8) is 0 Å². The predicted octanol–water partition coefficient (Wildman–Crippen LogP) is 5.52. The molecule has 0 unspecified atom stereocenters. The Morgan fingerprint density at radius 2 is 1.91 bits per heavy atom. The summed E-state index contributed by atoms with van der Waals surface area (Å²) in [7, 11) is 0. The second-order valence-corrected chi connectivity index (χ2v) is 9.97. The summed E-state index contributed by atoms with van der Waals surface area (Å²) in [5.41, 5.74) is 3.84. The highest BCUT2D eigenvalue weighted by molar-refractivity contribution is 5.49. The van der Waals surface area contributed by atoms with Crippen molar-refractivity contribution in [2.75, 3.05) is 6.54 Å². The highest BCUT2D eigenvalue weighted by Gasteiger charge is 2.48. The van der Waals surface area contributed by atoms with Gasteiger partial charge in [-0.1, -0.05) is 86.9 Å². The lowest BCUT2D eigenvalue weighted by Gasteiger charge is -2.18. The molecule has 0 radical (unpaired) electrons. The molecule has 4 nitrogen and oxygen atoms in total. The second kappa shape index (κ2) is 12.5. The molecule has 0 amide bonds. The molecule has 1 aliphatic heterocycles. The van der Waals surface area contributed by atoms with Crippen LogP contribution < -0.4 is 10.1 Å². The van der Waals surface area contributed by atoms with Crippen LogP contribution in [-0.2, 0) is 13.0 Å². The summed E-state index contributed by atoms with van der Waals surface area (Å²) in [6.07, 6.45) is 11.2. The van der Waals surface area contributed by atoms with Gasteiger partial charge in [-0.3, -0.25) is 0 Å². The van der Waals surface area contributed by atoms with E-state index in [1.165, 1.54) is 16.7 Å². The summed E-state index contributed by atoms with van der Waals surface area (Å²) in [6, 6.07) is 17.0. The van der Waals surface area contributed by atoms with Crippen LogP contribution in [0.15, 0.2) is 60.7 Å². The molecule has 4 heteroatoms. The van der Waals surface area contributed by atoms with E-state index in [-0.39, 0.29) is 17.9 Å². The van der Waals surface area contributed by atoms with Gasteiger partial charge in [0, 0.05) is 30.4 Å². The van der Waals surface area contributed by atoms with E-state index in [0.717, 1.165) is 63.8 Å². The molecule has 0 saturated heterocycles. The summed E-state index contributed by atoms with van der Waals surface area (Å²) < 4.78 is 6.41. The van der Waals surface area contributed by atoms with Crippen LogP contribution in [0.3, 0.4) is 0 Å². The van der Waals surface area contributed by atoms with Gasteiger partial charge in [-0.15, -0.1) is 0 Å². The predicted molar refractivity (Wildman–Crippen MR) is 138 cm³/mol. The molecule has 0 aromatic heterocycles. The van der Waals surface area contributed by atoms with Crippen LogP contribution in [-0.4, -0.2) is 35.1 Å². The first-order valence-electron chi connectivity index (χ1n) is 13.2. The van der Waals surface area contributed by atoms with Crippen molar-refractivity contribution < 1.29 is 14.9 Å². The number of hydrogen-bond donors (Lipinski definition) is 3. The Labute approximate surface area is 205 Å². The smallest absolute Gasteiger partial charge is 0.126 e. The van der Waals surface area contributed by atoms with Gasteiger partial charge in [0.25, 0.3) is 0 Å². The average molecular weight is 464 g/mol. The molecule has 2 aliphatic rings. The minimum Gasteiger partial charge on any atom is -0.489 e. The number of aryl methyl sites for hydroxylation is 1. The summed E-state index contributed by atoms with van der Waals surface area (Å²) in [5.74, 6) is 1.23. The third kappa shape index (κ3) is 6.29. The van der Waals surface area contributed by atoms with Gasteiger partial charge in [0.1, 0.15) is 11.9 Å². The Morgan fingerprint density at radius 1 is 1.06 bits per heavy atom. The van der Waals surface area contributed by atoms with Crippen molar-refractivity contribution in [3.05, 3.63) is 77.4 Å². The number of aliphatic hydroxyl groups excluding tert-OH is 2. The third-order valence-electron chi connectivity index (χ3n) is 7.37. The second-order valence-electron chi connectivity index (χ2n) is 9.97. The van der Waals surface area contributed by atoms with Crippen molar-refractivity contribution in [1.29, 1.82) is 0 Å². The molecule has 184 valence electrons.